The minimum atomic E-state index is -4.64. The van der Waals surface area contributed by atoms with E-state index in [-0.39, 0.29) is 24.6 Å². The average Bonchev–Trinajstić information content (AvgIpc) is 3.38. The van der Waals surface area contributed by atoms with Crippen LogP contribution in [0.25, 0.3) is 0 Å². The molecule has 172 valence electrons. The standard InChI is InChI=1S/C22H23F3N2O5/c1-32-19(30)16-6-3-9-26(16)17(28)11-21(12-18(29)27(20(21)31)15-7-8-15)13-4-2-5-14(10-13)22(23,24)25/h2,4-5,10,15-16H,3,6-9,11-12H2,1H3/t16-,21+/m0/s1. The predicted octanol–water partition coefficient (Wildman–Crippen LogP) is 2.42. The van der Waals surface area contributed by atoms with Gasteiger partial charge in [0.05, 0.1) is 18.1 Å². The predicted molar refractivity (Wildman–Crippen MR) is 104 cm³/mol. The number of esters is 1. The molecule has 1 aromatic rings. The van der Waals surface area contributed by atoms with Crippen molar-refractivity contribution in [2.24, 2.45) is 0 Å². The van der Waals surface area contributed by atoms with E-state index in [1.807, 2.05) is 0 Å². The summed E-state index contributed by atoms with van der Waals surface area (Å²) in [6.07, 6.45) is -3.28. The number of imide groups is 1. The first kappa shape index (κ1) is 22.3. The summed E-state index contributed by atoms with van der Waals surface area (Å²) in [4.78, 5) is 53.9. The fourth-order valence-electron chi connectivity index (χ4n) is 4.73. The van der Waals surface area contributed by atoms with Crippen LogP contribution in [0.2, 0.25) is 0 Å². The Balaban J connectivity index is 1.73. The van der Waals surface area contributed by atoms with Crippen LogP contribution in [0.3, 0.4) is 0 Å². The van der Waals surface area contributed by atoms with E-state index in [0.29, 0.717) is 25.7 Å². The fourth-order valence-corrected chi connectivity index (χ4v) is 4.73. The minimum absolute atomic E-state index is 0.0176. The summed E-state index contributed by atoms with van der Waals surface area (Å²) in [7, 11) is 1.21. The van der Waals surface area contributed by atoms with Crippen LogP contribution < -0.4 is 0 Å². The monoisotopic (exact) mass is 452 g/mol. The van der Waals surface area contributed by atoms with E-state index in [1.165, 1.54) is 24.1 Å². The number of hydrogen-bond acceptors (Lipinski definition) is 5. The topological polar surface area (TPSA) is 84.0 Å². The number of alkyl halides is 3. The van der Waals surface area contributed by atoms with Crippen LogP contribution in [-0.4, -0.2) is 59.2 Å². The van der Waals surface area contributed by atoms with Gasteiger partial charge in [0.25, 0.3) is 0 Å². The first-order valence-corrected chi connectivity index (χ1v) is 10.5. The molecule has 10 heteroatoms. The van der Waals surface area contributed by atoms with Crippen LogP contribution in [0.1, 0.15) is 49.7 Å². The Kier molecular flexibility index (Phi) is 5.50. The summed E-state index contributed by atoms with van der Waals surface area (Å²) < 4.78 is 44.9. The Morgan fingerprint density at radius 3 is 2.53 bits per heavy atom. The summed E-state index contributed by atoms with van der Waals surface area (Å²) in [5.74, 6) is -2.29. The maximum absolute atomic E-state index is 13.5. The van der Waals surface area contributed by atoms with Crippen molar-refractivity contribution in [3.05, 3.63) is 35.4 Å². The van der Waals surface area contributed by atoms with Crippen molar-refractivity contribution in [1.29, 1.82) is 0 Å². The van der Waals surface area contributed by atoms with Gasteiger partial charge in [-0.25, -0.2) is 4.79 Å². The number of hydrogen-bond donors (Lipinski definition) is 0. The second-order valence-corrected chi connectivity index (χ2v) is 8.58. The molecule has 2 atom stereocenters. The number of ether oxygens (including phenoxy) is 1. The number of carbonyl (C=O) groups is 4. The molecule has 7 nitrogen and oxygen atoms in total. The highest BCUT2D eigenvalue weighted by atomic mass is 19.4. The maximum Gasteiger partial charge on any atom is 0.416 e. The average molecular weight is 452 g/mol. The summed E-state index contributed by atoms with van der Waals surface area (Å²) in [6.45, 7) is 0.270. The zero-order valence-electron chi connectivity index (χ0n) is 17.5. The lowest BCUT2D eigenvalue weighted by atomic mass is 9.75. The molecule has 0 spiro atoms. The van der Waals surface area contributed by atoms with Gasteiger partial charge in [0.15, 0.2) is 0 Å². The SMILES string of the molecule is COC(=O)[C@@H]1CCCN1C(=O)C[C@]1(c2cccc(C(F)(F)F)c2)CC(=O)N(C2CC2)C1=O. The van der Waals surface area contributed by atoms with E-state index in [0.717, 1.165) is 17.0 Å². The molecule has 4 rings (SSSR count). The normalized spacial score (nSPS) is 26.1. The Labute approximate surface area is 182 Å². The van der Waals surface area contributed by atoms with Gasteiger partial charge in [-0.15, -0.1) is 0 Å². The van der Waals surface area contributed by atoms with Crippen molar-refractivity contribution < 1.29 is 37.1 Å². The fraction of sp³-hybridized carbons (Fsp3) is 0.545. The van der Waals surface area contributed by atoms with Crippen LogP contribution >= 0.6 is 0 Å². The third-order valence-corrected chi connectivity index (χ3v) is 6.50. The molecule has 0 unspecified atom stereocenters. The van der Waals surface area contributed by atoms with Gasteiger partial charge in [-0.1, -0.05) is 18.2 Å². The zero-order chi connectivity index (χ0) is 23.3. The Bertz CT molecular complexity index is 975. The molecular formula is C22H23F3N2O5. The molecule has 0 bridgehead atoms. The van der Waals surface area contributed by atoms with E-state index < -0.39 is 53.3 Å². The van der Waals surface area contributed by atoms with Gasteiger partial charge in [-0.3, -0.25) is 19.3 Å². The summed E-state index contributed by atoms with van der Waals surface area (Å²) in [5.41, 5.74) is -2.71. The summed E-state index contributed by atoms with van der Waals surface area (Å²) >= 11 is 0. The van der Waals surface area contributed by atoms with Gasteiger partial charge in [-0.05, 0) is 37.3 Å². The maximum atomic E-state index is 13.5. The quantitative estimate of drug-likeness (QED) is 0.506. The van der Waals surface area contributed by atoms with Gasteiger partial charge in [0.1, 0.15) is 6.04 Å². The number of methoxy groups -OCH3 is 1. The second kappa shape index (κ2) is 7.90. The Hall–Kier alpha value is -2.91. The Morgan fingerprint density at radius 2 is 1.91 bits per heavy atom. The number of carbonyl (C=O) groups excluding carboxylic acids is 4. The number of nitrogens with zero attached hydrogens (tertiary/aromatic N) is 2. The van der Waals surface area contributed by atoms with Crippen molar-refractivity contribution in [3.8, 4) is 0 Å². The highest BCUT2D eigenvalue weighted by molar-refractivity contribution is 6.11. The van der Waals surface area contributed by atoms with Gasteiger partial charge in [-0.2, -0.15) is 13.2 Å². The van der Waals surface area contributed by atoms with Gasteiger partial charge in [0.2, 0.25) is 17.7 Å². The summed E-state index contributed by atoms with van der Waals surface area (Å²) in [5, 5.41) is 0. The zero-order valence-corrected chi connectivity index (χ0v) is 17.5. The Morgan fingerprint density at radius 1 is 1.19 bits per heavy atom. The van der Waals surface area contributed by atoms with Gasteiger partial charge in [0, 0.05) is 25.4 Å². The van der Waals surface area contributed by atoms with Crippen molar-refractivity contribution in [3.63, 3.8) is 0 Å². The second-order valence-electron chi connectivity index (χ2n) is 8.58. The molecule has 1 saturated carbocycles. The van der Waals surface area contributed by atoms with Crippen LogP contribution in [-0.2, 0) is 35.5 Å². The van der Waals surface area contributed by atoms with Crippen LogP contribution in [0.4, 0.5) is 13.2 Å². The molecular weight excluding hydrogens is 429 g/mol. The number of halogens is 3. The molecule has 3 aliphatic rings. The highest BCUT2D eigenvalue weighted by Gasteiger charge is 2.58. The van der Waals surface area contributed by atoms with E-state index in [2.05, 4.69) is 0 Å². The third kappa shape index (κ3) is 3.75. The molecule has 2 heterocycles. The first-order valence-electron chi connectivity index (χ1n) is 10.5. The van der Waals surface area contributed by atoms with Crippen molar-refractivity contribution in [2.75, 3.05) is 13.7 Å². The number of rotatable bonds is 5. The van der Waals surface area contributed by atoms with E-state index >= 15 is 0 Å². The molecule has 3 fully saturated rings. The van der Waals surface area contributed by atoms with Gasteiger partial charge >= 0.3 is 12.1 Å². The van der Waals surface area contributed by atoms with Crippen molar-refractivity contribution in [1.82, 2.24) is 9.80 Å². The van der Waals surface area contributed by atoms with E-state index in [1.54, 1.807) is 0 Å². The van der Waals surface area contributed by atoms with Crippen molar-refractivity contribution >= 4 is 23.7 Å². The lowest BCUT2D eigenvalue weighted by Gasteiger charge is -2.31. The third-order valence-electron chi connectivity index (χ3n) is 6.50. The lowest BCUT2D eigenvalue weighted by molar-refractivity contribution is -0.152. The molecule has 32 heavy (non-hydrogen) atoms. The van der Waals surface area contributed by atoms with Crippen LogP contribution in [0.5, 0.6) is 0 Å². The molecule has 0 aromatic heterocycles. The van der Waals surface area contributed by atoms with Gasteiger partial charge < -0.3 is 9.64 Å². The van der Waals surface area contributed by atoms with E-state index in [4.69, 9.17) is 4.74 Å². The molecule has 3 amide bonds. The van der Waals surface area contributed by atoms with E-state index in [9.17, 15) is 32.3 Å². The smallest absolute Gasteiger partial charge is 0.416 e. The molecule has 0 N–H and O–H groups in total. The first-order chi connectivity index (χ1) is 15.1. The minimum Gasteiger partial charge on any atom is -0.467 e. The highest BCUT2D eigenvalue weighted by Crippen LogP contribution is 2.46. The number of benzene rings is 1. The largest absolute Gasteiger partial charge is 0.467 e. The molecule has 2 aliphatic heterocycles. The lowest BCUT2D eigenvalue weighted by Crippen LogP contribution is -2.47. The number of likely N-dealkylation sites (tertiary alicyclic amines) is 2. The number of amides is 3. The van der Waals surface area contributed by atoms with Crippen LogP contribution in [0, 0.1) is 0 Å². The molecule has 1 aliphatic carbocycles. The summed E-state index contributed by atoms with van der Waals surface area (Å²) in [6, 6.07) is 3.18. The van der Waals surface area contributed by atoms with Crippen LogP contribution in [0.15, 0.2) is 24.3 Å². The molecule has 0 radical (unpaired) electrons. The molecule has 1 aromatic carbocycles. The van der Waals surface area contributed by atoms with Crippen molar-refractivity contribution in [2.45, 2.75) is 62.2 Å². The molecule has 2 saturated heterocycles.